The van der Waals surface area contributed by atoms with Crippen molar-refractivity contribution in [3.8, 4) is 16.9 Å². The molecule has 0 aliphatic rings. The van der Waals surface area contributed by atoms with Crippen molar-refractivity contribution in [2.45, 2.75) is 11.4 Å². The number of carbonyl (C=O) groups excluding carboxylic acids is 1. The fourth-order valence-electron chi connectivity index (χ4n) is 3.30. The Kier molecular flexibility index (Phi) is 6.12. The Balaban J connectivity index is 1.63. The minimum absolute atomic E-state index is 0.0753. The molecule has 0 atom stereocenters. The minimum atomic E-state index is -3.55. The van der Waals surface area contributed by atoms with Gasteiger partial charge < -0.3 is 5.32 Å². The summed E-state index contributed by atoms with van der Waals surface area (Å²) in [7, 11) is -3.55. The van der Waals surface area contributed by atoms with Crippen LogP contribution in [-0.4, -0.2) is 30.4 Å². The van der Waals surface area contributed by atoms with E-state index in [1.165, 1.54) is 18.2 Å². The number of benzene rings is 3. The van der Waals surface area contributed by atoms with Crippen molar-refractivity contribution >= 4 is 27.3 Å². The Bertz CT molecular complexity index is 1370. The first kappa shape index (κ1) is 21.8. The van der Waals surface area contributed by atoms with Crippen molar-refractivity contribution in [1.82, 2.24) is 15.1 Å². The highest BCUT2D eigenvalue weighted by atomic mass is 35.5. The van der Waals surface area contributed by atoms with Crippen molar-refractivity contribution in [3.05, 3.63) is 101 Å². The van der Waals surface area contributed by atoms with Gasteiger partial charge in [0.25, 0.3) is 5.91 Å². The highest BCUT2D eigenvalue weighted by molar-refractivity contribution is 7.90. The Labute approximate surface area is 191 Å². The average Bonchev–Trinajstić information content (AvgIpc) is 3.22. The summed E-state index contributed by atoms with van der Waals surface area (Å²) >= 11 is 5.99. The lowest BCUT2D eigenvalue weighted by Gasteiger charge is -2.08. The third kappa shape index (κ3) is 4.74. The predicted molar refractivity (Wildman–Crippen MR) is 125 cm³/mol. The van der Waals surface area contributed by atoms with E-state index in [4.69, 9.17) is 16.7 Å². The number of aromatic nitrogens is 2. The molecular weight excluding hydrogens is 446 g/mol. The first-order chi connectivity index (χ1) is 15.3. The Morgan fingerprint density at radius 3 is 2.31 bits per heavy atom. The summed E-state index contributed by atoms with van der Waals surface area (Å²) in [6.45, 7) is 0.215. The van der Waals surface area contributed by atoms with Crippen LogP contribution in [0, 0.1) is 0 Å². The molecule has 6 nitrogen and oxygen atoms in total. The fraction of sp³-hybridized carbons (Fsp3) is 0.0833. The van der Waals surface area contributed by atoms with Crippen LogP contribution in [0.3, 0.4) is 0 Å². The van der Waals surface area contributed by atoms with Crippen LogP contribution in [0.15, 0.2) is 90.0 Å². The molecule has 0 aliphatic heterocycles. The van der Waals surface area contributed by atoms with Crippen LogP contribution in [0.5, 0.6) is 0 Å². The number of halogens is 1. The van der Waals surface area contributed by atoms with Gasteiger partial charge in [-0.3, -0.25) is 4.79 Å². The molecule has 0 saturated heterocycles. The third-order valence-corrected chi connectivity index (χ3v) is 6.47. The Morgan fingerprint density at radius 1 is 1.00 bits per heavy atom. The van der Waals surface area contributed by atoms with Gasteiger partial charge in [0, 0.05) is 35.7 Å². The summed E-state index contributed by atoms with van der Waals surface area (Å²) < 4.78 is 25.6. The number of nitrogens with zero attached hydrogens (tertiary/aromatic N) is 2. The average molecular weight is 466 g/mol. The van der Waals surface area contributed by atoms with Crippen molar-refractivity contribution in [2.24, 2.45) is 0 Å². The summed E-state index contributed by atoms with van der Waals surface area (Å²) in [6, 6.07) is 23.6. The number of carbonyl (C=O) groups is 1. The van der Waals surface area contributed by atoms with Gasteiger partial charge in [0.2, 0.25) is 0 Å². The zero-order chi connectivity index (χ0) is 22.7. The number of hydrogen-bond acceptors (Lipinski definition) is 4. The monoisotopic (exact) mass is 465 g/mol. The molecule has 0 aliphatic carbocycles. The van der Waals surface area contributed by atoms with Crippen LogP contribution < -0.4 is 5.32 Å². The molecule has 0 unspecified atom stereocenters. The number of amides is 1. The van der Waals surface area contributed by atoms with Crippen molar-refractivity contribution in [3.63, 3.8) is 0 Å². The first-order valence-corrected chi connectivity index (χ1v) is 12.1. The molecule has 0 radical (unpaired) electrons. The van der Waals surface area contributed by atoms with Gasteiger partial charge in [-0.1, -0.05) is 60.1 Å². The van der Waals surface area contributed by atoms with E-state index in [1.54, 1.807) is 4.68 Å². The topological polar surface area (TPSA) is 81.1 Å². The van der Waals surface area contributed by atoms with Crippen LogP contribution in [0.4, 0.5) is 0 Å². The Morgan fingerprint density at radius 2 is 1.66 bits per heavy atom. The molecule has 8 heteroatoms. The first-order valence-electron chi connectivity index (χ1n) is 9.80. The van der Waals surface area contributed by atoms with Gasteiger partial charge in [0.1, 0.15) is 0 Å². The molecule has 32 heavy (non-hydrogen) atoms. The predicted octanol–water partition coefficient (Wildman–Crippen LogP) is 4.53. The molecule has 3 aromatic carbocycles. The quantitative estimate of drug-likeness (QED) is 0.453. The van der Waals surface area contributed by atoms with E-state index in [1.807, 2.05) is 66.9 Å². The number of nitrogens with one attached hydrogen (secondary N) is 1. The van der Waals surface area contributed by atoms with Crippen molar-refractivity contribution < 1.29 is 13.2 Å². The maximum absolute atomic E-state index is 12.8. The summed E-state index contributed by atoms with van der Waals surface area (Å²) in [4.78, 5) is 12.7. The van der Waals surface area contributed by atoms with Crippen LogP contribution >= 0.6 is 11.6 Å². The second-order valence-corrected chi connectivity index (χ2v) is 9.64. The van der Waals surface area contributed by atoms with E-state index >= 15 is 0 Å². The molecule has 4 rings (SSSR count). The smallest absolute Gasteiger partial charge is 0.251 e. The van der Waals surface area contributed by atoms with Crippen LogP contribution in [-0.2, 0) is 16.4 Å². The maximum atomic E-state index is 12.8. The van der Waals surface area contributed by atoms with Gasteiger partial charge in [0.15, 0.2) is 9.84 Å². The SMILES string of the molecule is CS(=O)(=O)c1cc(C(=O)NCc2cn(-c3ccccc3)nc2-c2ccccc2)ccc1Cl. The third-order valence-electron chi connectivity index (χ3n) is 4.89. The van der Waals surface area contributed by atoms with E-state index in [2.05, 4.69) is 5.32 Å². The summed E-state index contributed by atoms with van der Waals surface area (Å²) in [5, 5.41) is 7.67. The molecule has 162 valence electrons. The summed E-state index contributed by atoms with van der Waals surface area (Å²) in [5.41, 5.74) is 3.62. The largest absolute Gasteiger partial charge is 0.348 e. The molecule has 1 amide bonds. The normalized spacial score (nSPS) is 11.3. The lowest BCUT2D eigenvalue weighted by atomic mass is 10.1. The lowest BCUT2D eigenvalue weighted by molar-refractivity contribution is 0.0951. The van der Waals surface area contributed by atoms with Crippen molar-refractivity contribution in [1.29, 1.82) is 0 Å². The molecule has 0 bridgehead atoms. The molecule has 1 N–H and O–H groups in total. The van der Waals surface area contributed by atoms with E-state index in [0.29, 0.717) is 0 Å². The highest BCUT2D eigenvalue weighted by Gasteiger charge is 2.17. The van der Waals surface area contributed by atoms with Gasteiger partial charge in [-0.15, -0.1) is 0 Å². The van der Waals surface area contributed by atoms with Gasteiger partial charge in [-0.25, -0.2) is 13.1 Å². The number of hydrogen-bond donors (Lipinski definition) is 1. The summed E-state index contributed by atoms with van der Waals surface area (Å²) in [5.74, 6) is -0.405. The van der Waals surface area contributed by atoms with Gasteiger partial charge in [-0.2, -0.15) is 5.10 Å². The zero-order valence-corrected chi connectivity index (χ0v) is 18.8. The van der Waals surface area contributed by atoms with Crippen LogP contribution in [0.1, 0.15) is 15.9 Å². The summed E-state index contributed by atoms with van der Waals surface area (Å²) in [6.07, 6.45) is 2.93. The van der Waals surface area contributed by atoms with E-state index in [9.17, 15) is 13.2 Å². The minimum Gasteiger partial charge on any atom is -0.348 e. The molecular formula is C24H20ClN3O3S. The molecule has 4 aromatic rings. The fourth-order valence-corrected chi connectivity index (χ4v) is 4.60. The van der Waals surface area contributed by atoms with E-state index in [-0.39, 0.29) is 22.0 Å². The van der Waals surface area contributed by atoms with Crippen LogP contribution in [0.2, 0.25) is 5.02 Å². The van der Waals surface area contributed by atoms with E-state index < -0.39 is 15.7 Å². The number of rotatable bonds is 6. The van der Waals surface area contributed by atoms with Gasteiger partial charge in [0.05, 0.1) is 21.3 Å². The van der Waals surface area contributed by atoms with Gasteiger partial charge >= 0.3 is 0 Å². The molecule has 1 aromatic heterocycles. The Hall–Kier alpha value is -3.42. The number of sulfone groups is 1. The van der Waals surface area contributed by atoms with Crippen LogP contribution in [0.25, 0.3) is 16.9 Å². The zero-order valence-electron chi connectivity index (χ0n) is 17.2. The second-order valence-electron chi connectivity index (χ2n) is 7.25. The highest BCUT2D eigenvalue weighted by Crippen LogP contribution is 2.25. The second kappa shape index (κ2) is 8.98. The number of para-hydroxylation sites is 1. The van der Waals surface area contributed by atoms with Gasteiger partial charge in [-0.05, 0) is 30.3 Å². The molecule has 0 fully saturated rings. The lowest BCUT2D eigenvalue weighted by Crippen LogP contribution is -2.23. The van der Waals surface area contributed by atoms with E-state index in [0.717, 1.165) is 28.8 Å². The maximum Gasteiger partial charge on any atom is 0.251 e. The molecule has 0 saturated carbocycles. The molecule has 1 heterocycles. The standard InChI is InChI=1S/C24H20ClN3O3S/c1-32(30,31)22-14-18(12-13-21(22)25)24(29)26-15-19-16-28(20-10-6-3-7-11-20)27-23(19)17-8-4-2-5-9-17/h2-14,16H,15H2,1H3,(H,26,29). The molecule has 0 spiro atoms. The van der Waals surface area contributed by atoms with Crippen molar-refractivity contribution in [2.75, 3.05) is 6.26 Å².